The van der Waals surface area contributed by atoms with Gasteiger partial charge in [-0.15, -0.1) is 11.8 Å². The van der Waals surface area contributed by atoms with Gasteiger partial charge in [0.15, 0.2) is 0 Å². The molecule has 0 heterocycles. The predicted octanol–water partition coefficient (Wildman–Crippen LogP) is 7.72. The molecule has 2 aliphatic carbocycles. The van der Waals surface area contributed by atoms with Crippen molar-refractivity contribution >= 4 is 17.3 Å². The molecule has 0 N–H and O–H groups in total. The lowest BCUT2D eigenvalue weighted by atomic mass is 9.96. The summed E-state index contributed by atoms with van der Waals surface area (Å²) in [5, 5.41) is 0.453. The number of allylic oxidation sites excluding steroid dienone is 4. The quantitative estimate of drug-likeness (QED) is 0.490. The molecule has 144 valence electrons. The Bertz CT molecular complexity index is 946. The van der Waals surface area contributed by atoms with Crippen LogP contribution in [0.2, 0.25) is 0 Å². The molecule has 1 heteroatoms. The van der Waals surface area contributed by atoms with Crippen LogP contribution in [0.1, 0.15) is 61.1 Å². The summed E-state index contributed by atoms with van der Waals surface area (Å²) in [5.74, 6) is 0. The molecule has 2 aliphatic rings. The lowest BCUT2D eigenvalue weighted by Crippen LogP contribution is -2.19. The summed E-state index contributed by atoms with van der Waals surface area (Å²) >= 11 is 2.10. The normalized spacial score (nSPS) is 23.3. The van der Waals surface area contributed by atoms with Gasteiger partial charge in [-0.2, -0.15) is 0 Å². The van der Waals surface area contributed by atoms with Gasteiger partial charge in [0.25, 0.3) is 0 Å². The fraction of sp³-hybridized carbons (Fsp3) is 0.333. The summed E-state index contributed by atoms with van der Waals surface area (Å²) in [5.41, 5.74) is 8.85. The van der Waals surface area contributed by atoms with Crippen molar-refractivity contribution in [3.05, 3.63) is 101 Å². The Kier molecular flexibility index (Phi) is 5.64. The molecule has 4 rings (SSSR count). The zero-order valence-electron chi connectivity index (χ0n) is 17.2. The van der Waals surface area contributed by atoms with Gasteiger partial charge in [-0.05, 0) is 67.4 Å². The Morgan fingerprint density at radius 2 is 1.75 bits per heavy atom. The van der Waals surface area contributed by atoms with Crippen molar-refractivity contribution in [3.63, 3.8) is 0 Å². The fourth-order valence-electron chi connectivity index (χ4n) is 4.32. The zero-order chi connectivity index (χ0) is 19.6. The minimum absolute atomic E-state index is 0.179. The molecule has 0 aliphatic heterocycles. The van der Waals surface area contributed by atoms with Gasteiger partial charge in [0.1, 0.15) is 0 Å². The Labute approximate surface area is 174 Å². The number of hydrogen-bond acceptors (Lipinski definition) is 1. The number of fused-ring (bicyclic) bond motifs is 1. The predicted molar refractivity (Wildman–Crippen MR) is 125 cm³/mol. The number of hydrogen-bond donors (Lipinski definition) is 0. The second kappa shape index (κ2) is 8.17. The first-order valence-corrected chi connectivity index (χ1v) is 11.4. The standard InChI is InChI=1S/C27H30S/c1-4-21-9-5-6-10-22(21)13-14-23-19-26(25-12-8-7-11-24(23)25)28-27(3)17-15-20(2)16-18-27/h5-12,15-17,19,26H,4,13-14,18H2,1-3H3. The van der Waals surface area contributed by atoms with Crippen LogP contribution < -0.4 is 0 Å². The first-order valence-electron chi connectivity index (χ1n) is 10.5. The first kappa shape index (κ1) is 19.3. The van der Waals surface area contributed by atoms with E-state index in [0.29, 0.717) is 5.25 Å². The molecule has 0 fully saturated rings. The highest BCUT2D eigenvalue weighted by atomic mass is 32.2. The Morgan fingerprint density at radius 1 is 1.00 bits per heavy atom. The van der Waals surface area contributed by atoms with Crippen molar-refractivity contribution in [2.45, 2.75) is 56.5 Å². The van der Waals surface area contributed by atoms with E-state index in [9.17, 15) is 0 Å². The van der Waals surface area contributed by atoms with Gasteiger partial charge in [0.05, 0.1) is 0 Å². The monoisotopic (exact) mass is 386 g/mol. The molecule has 2 unspecified atom stereocenters. The largest absolute Gasteiger partial charge is 0.138 e. The maximum atomic E-state index is 2.54. The van der Waals surface area contributed by atoms with E-state index in [2.05, 4.69) is 105 Å². The number of aryl methyl sites for hydroxylation is 2. The zero-order valence-corrected chi connectivity index (χ0v) is 18.1. The Morgan fingerprint density at radius 3 is 2.50 bits per heavy atom. The highest BCUT2D eigenvalue weighted by molar-refractivity contribution is 8.01. The van der Waals surface area contributed by atoms with Crippen LogP contribution in [0.4, 0.5) is 0 Å². The van der Waals surface area contributed by atoms with E-state index in [1.54, 1.807) is 0 Å². The van der Waals surface area contributed by atoms with Crippen molar-refractivity contribution in [2.75, 3.05) is 0 Å². The minimum Gasteiger partial charge on any atom is -0.138 e. The molecule has 0 saturated carbocycles. The first-order chi connectivity index (χ1) is 13.6. The van der Waals surface area contributed by atoms with Crippen LogP contribution >= 0.6 is 11.8 Å². The topological polar surface area (TPSA) is 0 Å². The summed E-state index contributed by atoms with van der Waals surface area (Å²) < 4.78 is 0.179. The molecule has 0 amide bonds. The highest BCUT2D eigenvalue weighted by Crippen LogP contribution is 2.50. The van der Waals surface area contributed by atoms with E-state index in [1.165, 1.54) is 33.4 Å². The Hall–Kier alpha value is -1.99. The molecule has 2 aromatic carbocycles. The molecule has 0 bridgehead atoms. The maximum absolute atomic E-state index is 2.54. The van der Waals surface area contributed by atoms with Crippen LogP contribution in [0.5, 0.6) is 0 Å². The van der Waals surface area contributed by atoms with Gasteiger partial charge in [0.2, 0.25) is 0 Å². The third-order valence-corrected chi connectivity index (χ3v) is 7.54. The minimum atomic E-state index is 0.179. The van der Waals surface area contributed by atoms with Gasteiger partial charge in [0, 0.05) is 10.00 Å². The van der Waals surface area contributed by atoms with Gasteiger partial charge in [-0.25, -0.2) is 0 Å². The van der Waals surface area contributed by atoms with E-state index >= 15 is 0 Å². The van der Waals surface area contributed by atoms with Crippen LogP contribution in [0.3, 0.4) is 0 Å². The van der Waals surface area contributed by atoms with Crippen LogP contribution in [0.15, 0.2) is 78.4 Å². The average Bonchev–Trinajstić information content (AvgIpc) is 3.06. The third kappa shape index (κ3) is 4.05. The average molecular weight is 387 g/mol. The summed E-state index contributed by atoms with van der Waals surface area (Å²) in [6.07, 6.45) is 14.1. The van der Waals surface area contributed by atoms with E-state index < -0.39 is 0 Å². The maximum Gasteiger partial charge on any atom is 0.0497 e. The summed E-state index contributed by atoms with van der Waals surface area (Å²) in [6.45, 7) is 6.82. The number of benzene rings is 2. The van der Waals surface area contributed by atoms with E-state index in [0.717, 1.165) is 25.7 Å². The lowest BCUT2D eigenvalue weighted by molar-refractivity contribution is 0.786. The molecule has 2 aromatic rings. The number of thioether (sulfide) groups is 1. The molecule has 0 nitrogen and oxygen atoms in total. The van der Waals surface area contributed by atoms with Crippen molar-refractivity contribution in [1.29, 1.82) is 0 Å². The van der Waals surface area contributed by atoms with E-state index in [4.69, 9.17) is 0 Å². The molecule has 28 heavy (non-hydrogen) atoms. The Balaban J connectivity index is 1.54. The molecule has 2 atom stereocenters. The van der Waals surface area contributed by atoms with Gasteiger partial charge in [-0.3, -0.25) is 0 Å². The van der Waals surface area contributed by atoms with Crippen molar-refractivity contribution < 1.29 is 0 Å². The van der Waals surface area contributed by atoms with Crippen molar-refractivity contribution in [1.82, 2.24) is 0 Å². The van der Waals surface area contributed by atoms with Crippen molar-refractivity contribution in [2.24, 2.45) is 0 Å². The molecular weight excluding hydrogens is 356 g/mol. The second-order valence-corrected chi connectivity index (χ2v) is 9.91. The SMILES string of the molecule is CCc1ccccc1CCC1=CC(SC2(C)C=CC(C)=CC2)c2ccccc21. The molecule has 0 radical (unpaired) electrons. The smallest absolute Gasteiger partial charge is 0.0497 e. The van der Waals surface area contributed by atoms with Crippen LogP contribution in [-0.4, -0.2) is 4.75 Å². The fourth-order valence-corrected chi connectivity index (χ4v) is 5.79. The molecule has 0 spiro atoms. The summed E-state index contributed by atoms with van der Waals surface area (Å²) in [6, 6.07) is 17.9. The van der Waals surface area contributed by atoms with Crippen molar-refractivity contribution in [3.8, 4) is 0 Å². The van der Waals surface area contributed by atoms with Crippen LogP contribution in [0.25, 0.3) is 5.57 Å². The van der Waals surface area contributed by atoms with Gasteiger partial charge >= 0.3 is 0 Å². The van der Waals surface area contributed by atoms with Gasteiger partial charge < -0.3 is 0 Å². The van der Waals surface area contributed by atoms with Crippen LogP contribution in [0, 0.1) is 0 Å². The van der Waals surface area contributed by atoms with E-state index in [-0.39, 0.29) is 4.75 Å². The van der Waals surface area contributed by atoms with Crippen LogP contribution in [-0.2, 0) is 12.8 Å². The summed E-state index contributed by atoms with van der Waals surface area (Å²) in [7, 11) is 0. The number of rotatable bonds is 6. The van der Waals surface area contributed by atoms with Gasteiger partial charge in [-0.1, -0.05) is 85.3 Å². The molecule has 0 aromatic heterocycles. The second-order valence-electron chi connectivity index (χ2n) is 8.24. The van der Waals surface area contributed by atoms with E-state index in [1.807, 2.05) is 0 Å². The summed E-state index contributed by atoms with van der Waals surface area (Å²) in [4.78, 5) is 0. The highest BCUT2D eigenvalue weighted by Gasteiger charge is 2.31. The lowest BCUT2D eigenvalue weighted by Gasteiger charge is -2.30. The third-order valence-electron chi connectivity index (χ3n) is 6.05. The molecule has 0 saturated heterocycles. The molecular formula is C27H30S.